The van der Waals surface area contributed by atoms with Crippen LogP contribution in [-0.2, 0) is 11.2 Å². The van der Waals surface area contributed by atoms with E-state index in [0.29, 0.717) is 13.0 Å². The Kier molecular flexibility index (Phi) is 4.02. The highest BCUT2D eigenvalue weighted by atomic mass is 35.5. The predicted octanol–water partition coefficient (Wildman–Crippen LogP) is 2.81. The highest BCUT2D eigenvalue weighted by Gasteiger charge is 2.28. The molecule has 0 saturated carbocycles. The molecule has 2 rings (SSSR count). The van der Waals surface area contributed by atoms with E-state index in [9.17, 15) is 9.50 Å². The number of benzene rings is 1. The van der Waals surface area contributed by atoms with E-state index in [1.807, 2.05) is 6.92 Å². The zero-order valence-electron chi connectivity index (χ0n) is 9.70. The van der Waals surface area contributed by atoms with E-state index in [0.717, 1.165) is 12.0 Å². The van der Waals surface area contributed by atoms with Crippen LogP contribution < -0.4 is 0 Å². The minimum Gasteiger partial charge on any atom is -0.392 e. The summed E-state index contributed by atoms with van der Waals surface area (Å²) in [6.45, 7) is 2.58. The van der Waals surface area contributed by atoms with Crippen LogP contribution in [0.4, 0.5) is 4.39 Å². The van der Waals surface area contributed by atoms with E-state index in [-0.39, 0.29) is 17.0 Å². The molecule has 0 amide bonds. The van der Waals surface area contributed by atoms with Gasteiger partial charge in [-0.15, -0.1) is 0 Å². The van der Waals surface area contributed by atoms with Crippen molar-refractivity contribution < 1.29 is 14.2 Å². The summed E-state index contributed by atoms with van der Waals surface area (Å²) in [7, 11) is 0. The molecule has 1 aliphatic heterocycles. The Hall–Kier alpha value is -0.640. The van der Waals surface area contributed by atoms with E-state index in [1.54, 1.807) is 6.07 Å². The Balaban J connectivity index is 1.98. The Morgan fingerprint density at radius 1 is 1.59 bits per heavy atom. The molecule has 1 aromatic rings. The molecule has 1 N–H and O–H groups in total. The molecular weight excluding hydrogens is 243 g/mol. The molecule has 3 unspecified atom stereocenters. The summed E-state index contributed by atoms with van der Waals surface area (Å²) in [6.07, 6.45) is 1.02. The predicted molar refractivity (Wildman–Crippen MR) is 64.6 cm³/mol. The van der Waals surface area contributed by atoms with Crippen LogP contribution in [0.2, 0.25) is 5.02 Å². The van der Waals surface area contributed by atoms with E-state index < -0.39 is 11.9 Å². The molecule has 1 aromatic carbocycles. The van der Waals surface area contributed by atoms with Crippen molar-refractivity contribution in [1.82, 2.24) is 0 Å². The lowest BCUT2D eigenvalue weighted by Crippen LogP contribution is -2.23. The summed E-state index contributed by atoms with van der Waals surface area (Å²) in [5, 5.41) is 10.2. The maximum Gasteiger partial charge on any atom is 0.142 e. The normalized spacial score (nSPS) is 26.1. The van der Waals surface area contributed by atoms with Gasteiger partial charge in [0.25, 0.3) is 0 Å². The lowest BCUT2D eigenvalue weighted by molar-refractivity contribution is 0.0806. The van der Waals surface area contributed by atoms with Gasteiger partial charge in [-0.05, 0) is 37.5 Å². The van der Waals surface area contributed by atoms with Gasteiger partial charge in [0.15, 0.2) is 0 Å². The Morgan fingerprint density at radius 3 is 2.94 bits per heavy atom. The summed E-state index contributed by atoms with van der Waals surface area (Å²) in [5.74, 6) is -0.295. The van der Waals surface area contributed by atoms with Gasteiger partial charge in [-0.2, -0.15) is 0 Å². The van der Waals surface area contributed by atoms with Gasteiger partial charge in [0.2, 0.25) is 0 Å². The molecule has 94 valence electrons. The molecule has 1 aliphatic rings. The van der Waals surface area contributed by atoms with Crippen molar-refractivity contribution in [1.29, 1.82) is 0 Å². The molecule has 0 bridgehead atoms. The summed E-state index contributed by atoms with van der Waals surface area (Å²) >= 11 is 5.61. The molecular formula is C13H16ClFO2. The molecule has 0 radical (unpaired) electrons. The second kappa shape index (κ2) is 5.34. The third-order valence-corrected chi connectivity index (χ3v) is 3.51. The monoisotopic (exact) mass is 258 g/mol. The summed E-state index contributed by atoms with van der Waals surface area (Å²) in [5.41, 5.74) is 0.763. The lowest BCUT2D eigenvalue weighted by atomic mass is 9.94. The van der Waals surface area contributed by atoms with Crippen LogP contribution in [0, 0.1) is 11.7 Å². The maximum absolute atomic E-state index is 13.2. The fourth-order valence-corrected chi connectivity index (χ4v) is 2.31. The largest absolute Gasteiger partial charge is 0.392 e. The van der Waals surface area contributed by atoms with Crippen LogP contribution in [0.1, 0.15) is 18.9 Å². The zero-order valence-corrected chi connectivity index (χ0v) is 10.5. The quantitative estimate of drug-likeness (QED) is 0.903. The molecule has 3 atom stereocenters. The third-order valence-electron chi connectivity index (χ3n) is 3.20. The van der Waals surface area contributed by atoms with Gasteiger partial charge in [0, 0.05) is 5.92 Å². The molecule has 0 spiro atoms. The number of halogens is 2. The SMILES string of the molecule is CC1CC(C(O)Cc2ccc(Cl)c(F)c2)CO1. The molecule has 0 aromatic heterocycles. The lowest BCUT2D eigenvalue weighted by Gasteiger charge is -2.16. The number of ether oxygens (including phenoxy) is 1. The van der Waals surface area contributed by atoms with Gasteiger partial charge in [-0.1, -0.05) is 17.7 Å². The van der Waals surface area contributed by atoms with Crippen molar-refractivity contribution in [2.75, 3.05) is 6.61 Å². The van der Waals surface area contributed by atoms with Crippen molar-refractivity contribution in [3.8, 4) is 0 Å². The average Bonchev–Trinajstić information content (AvgIpc) is 2.70. The number of aliphatic hydroxyl groups is 1. The first-order chi connectivity index (χ1) is 8.06. The number of hydrogen-bond donors (Lipinski definition) is 1. The fourth-order valence-electron chi connectivity index (χ4n) is 2.19. The first-order valence-corrected chi connectivity index (χ1v) is 6.17. The Morgan fingerprint density at radius 2 is 2.35 bits per heavy atom. The Labute approximate surface area is 105 Å². The van der Waals surface area contributed by atoms with Crippen molar-refractivity contribution in [3.63, 3.8) is 0 Å². The number of rotatable bonds is 3. The summed E-state index contributed by atoms with van der Waals surface area (Å²) in [6, 6.07) is 4.64. The molecule has 1 heterocycles. The van der Waals surface area contributed by atoms with Crippen LogP contribution >= 0.6 is 11.6 Å². The van der Waals surface area contributed by atoms with Crippen molar-refractivity contribution in [3.05, 3.63) is 34.6 Å². The molecule has 0 aliphatic carbocycles. The first-order valence-electron chi connectivity index (χ1n) is 5.80. The number of aliphatic hydroxyl groups excluding tert-OH is 1. The minimum atomic E-state index is -0.486. The minimum absolute atomic E-state index is 0.112. The van der Waals surface area contributed by atoms with E-state index in [4.69, 9.17) is 16.3 Å². The van der Waals surface area contributed by atoms with E-state index >= 15 is 0 Å². The van der Waals surface area contributed by atoms with Crippen LogP contribution in [0.25, 0.3) is 0 Å². The molecule has 17 heavy (non-hydrogen) atoms. The van der Waals surface area contributed by atoms with Gasteiger partial charge in [-0.3, -0.25) is 0 Å². The van der Waals surface area contributed by atoms with Gasteiger partial charge >= 0.3 is 0 Å². The van der Waals surface area contributed by atoms with Gasteiger partial charge in [0.05, 0.1) is 23.8 Å². The molecule has 2 nitrogen and oxygen atoms in total. The summed E-state index contributed by atoms with van der Waals surface area (Å²) in [4.78, 5) is 0. The standard InChI is InChI=1S/C13H16ClFO2/c1-8-4-10(7-17-8)13(16)6-9-2-3-11(14)12(15)5-9/h2-3,5,8,10,13,16H,4,6-7H2,1H3. The zero-order chi connectivity index (χ0) is 12.4. The molecule has 4 heteroatoms. The van der Waals surface area contributed by atoms with E-state index in [1.165, 1.54) is 12.1 Å². The highest BCUT2D eigenvalue weighted by molar-refractivity contribution is 6.30. The second-order valence-electron chi connectivity index (χ2n) is 4.66. The van der Waals surface area contributed by atoms with Gasteiger partial charge in [0.1, 0.15) is 5.82 Å². The van der Waals surface area contributed by atoms with Gasteiger partial charge in [-0.25, -0.2) is 4.39 Å². The van der Waals surface area contributed by atoms with Crippen LogP contribution in [-0.4, -0.2) is 23.9 Å². The van der Waals surface area contributed by atoms with Crippen LogP contribution in [0.5, 0.6) is 0 Å². The van der Waals surface area contributed by atoms with Crippen LogP contribution in [0.15, 0.2) is 18.2 Å². The first kappa shape index (κ1) is 12.8. The van der Waals surface area contributed by atoms with E-state index in [2.05, 4.69) is 0 Å². The highest BCUT2D eigenvalue weighted by Crippen LogP contribution is 2.25. The summed E-state index contributed by atoms with van der Waals surface area (Å²) < 4.78 is 18.6. The maximum atomic E-state index is 13.2. The number of hydrogen-bond acceptors (Lipinski definition) is 2. The van der Waals surface area contributed by atoms with Crippen LogP contribution in [0.3, 0.4) is 0 Å². The topological polar surface area (TPSA) is 29.5 Å². The molecule has 1 fully saturated rings. The van der Waals surface area contributed by atoms with Gasteiger partial charge < -0.3 is 9.84 Å². The third kappa shape index (κ3) is 3.18. The Bertz CT molecular complexity index is 397. The average molecular weight is 259 g/mol. The molecule has 1 saturated heterocycles. The van der Waals surface area contributed by atoms with Crippen molar-refractivity contribution in [2.45, 2.75) is 32.0 Å². The fraction of sp³-hybridized carbons (Fsp3) is 0.538. The van der Waals surface area contributed by atoms with Crippen molar-refractivity contribution >= 4 is 11.6 Å². The smallest absolute Gasteiger partial charge is 0.142 e. The second-order valence-corrected chi connectivity index (χ2v) is 5.07. The van der Waals surface area contributed by atoms with Crippen molar-refractivity contribution in [2.24, 2.45) is 5.92 Å².